The van der Waals surface area contributed by atoms with Crippen molar-refractivity contribution in [2.45, 2.75) is 26.1 Å². The number of aryl methyl sites for hydroxylation is 1. The normalized spacial score (nSPS) is 12.7. The number of pyridine rings is 1. The monoisotopic (exact) mass is 326 g/mol. The van der Waals surface area contributed by atoms with E-state index in [-0.39, 0.29) is 17.2 Å². The molecule has 0 saturated heterocycles. The molecule has 0 spiro atoms. The van der Waals surface area contributed by atoms with Gasteiger partial charge < -0.3 is 10.3 Å². The van der Waals surface area contributed by atoms with Gasteiger partial charge in [0.25, 0.3) is 11.5 Å². The van der Waals surface area contributed by atoms with Crippen molar-refractivity contribution in [3.8, 4) is 0 Å². The predicted octanol–water partition coefficient (Wildman–Crippen LogP) is 1.98. The van der Waals surface area contributed by atoms with Gasteiger partial charge in [0.1, 0.15) is 11.5 Å². The number of carbonyl (C=O) groups is 1. The topological polar surface area (TPSA) is 87.7 Å². The third-order valence-electron chi connectivity index (χ3n) is 3.00. The molecule has 122 valence electrons. The third kappa shape index (κ3) is 4.15. The van der Waals surface area contributed by atoms with Crippen LogP contribution in [0.25, 0.3) is 0 Å². The van der Waals surface area contributed by atoms with E-state index in [1.807, 2.05) is 0 Å². The fourth-order valence-electron chi connectivity index (χ4n) is 1.87. The number of amides is 1. The minimum atomic E-state index is -4.47. The summed E-state index contributed by atoms with van der Waals surface area (Å²) in [6.45, 7) is 3.09. The van der Waals surface area contributed by atoms with Gasteiger partial charge in [0.05, 0.1) is 17.3 Å². The van der Waals surface area contributed by atoms with Crippen molar-refractivity contribution in [2.75, 3.05) is 0 Å². The third-order valence-corrected chi connectivity index (χ3v) is 3.00. The summed E-state index contributed by atoms with van der Waals surface area (Å²) in [5, 5.41) is 2.53. The molecule has 0 aliphatic heterocycles. The van der Waals surface area contributed by atoms with Crippen LogP contribution in [0.3, 0.4) is 0 Å². The summed E-state index contributed by atoms with van der Waals surface area (Å²) in [5.74, 6) is -0.337. The standard InChI is InChI=1S/C14H13F3N4O2/c1-7(10-4-3-9(6-18-10)14(15,16)17)19-13(23)11-5-12(22)21-8(2)20-11/h3-7H,1-2H3,(H,19,23)(H,20,21,22). The number of H-pyrrole nitrogens is 1. The van der Waals surface area contributed by atoms with Gasteiger partial charge in [-0.2, -0.15) is 13.2 Å². The van der Waals surface area contributed by atoms with Crippen LogP contribution in [0.5, 0.6) is 0 Å². The number of nitrogens with zero attached hydrogens (tertiary/aromatic N) is 2. The summed E-state index contributed by atoms with van der Waals surface area (Å²) < 4.78 is 37.4. The molecule has 6 nitrogen and oxygen atoms in total. The first-order chi connectivity index (χ1) is 10.7. The molecule has 2 rings (SSSR count). The molecular formula is C14H13F3N4O2. The lowest BCUT2D eigenvalue weighted by Gasteiger charge is -2.14. The van der Waals surface area contributed by atoms with Crippen molar-refractivity contribution in [2.24, 2.45) is 0 Å². The molecular weight excluding hydrogens is 313 g/mol. The zero-order valence-electron chi connectivity index (χ0n) is 12.2. The highest BCUT2D eigenvalue weighted by Crippen LogP contribution is 2.28. The van der Waals surface area contributed by atoms with Gasteiger partial charge in [-0.1, -0.05) is 0 Å². The average Bonchev–Trinajstić information content (AvgIpc) is 2.45. The summed E-state index contributed by atoms with van der Waals surface area (Å²) in [6, 6.07) is 2.46. The Bertz CT molecular complexity index is 769. The molecule has 0 aromatic carbocycles. The lowest BCUT2D eigenvalue weighted by Crippen LogP contribution is -2.29. The number of hydrogen-bond acceptors (Lipinski definition) is 4. The molecule has 0 saturated carbocycles. The number of aromatic amines is 1. The number of alkyl halides is 3. The maximum absolute atomic E-state index is 12.5. The highest BCUT2D eigenvalue weighted by Gasteiger charge is 2.30. The fourth-order valence-corrected chi connectivity index (χ4v) is 1.87. The van der Waals surface area contributed by atoms with E-state index < -0.39 is 29.2 Å². The Morgan fingerprint density at radius 1 is 1.35 bits per heavy atom. The zero-order valence-corrected chi connectivity index (χ0v) is 12.2. The molecule has 1 amide bonds. The maximum atomic E-state index is 12.5. The Kier molecular flexibility index (Phi) is 4.48. The first-order valence-corrected chi connectivity index (χ1v) is 6.59. The molecule has 23 heavy (non-hydrogen) atoms. The van der Waals surface area contributed by atoms with E-state index in [0.717, 1.165) is 12.1 Å². The first-order valence-electron chi connectivity index (χ1n) is 6.59. The second kappa shape index (κ2) is 6.19. The highest BCUT2D eigenvalue weighted by molar-refractivity contribution is 5.92. The molecule has 0 aliphatic carbocycles. The van der Waals surface area contributed by atoms with Crippen molar-refractivity contribution in [1.29, 1.82) is 0 Å². The van der Waals surface area contributed by atoms with Gasteiger partial charge in [-0.05, 0) is 26.0 Å². The zero-order chi connectivity index (χ0) is 17.2. The lowest BCUT2D eigenvalue weighted by molar-refractivity contribution is -0.137. The number of carbonyl (C=O) groups excluding carboxylic acids is 1. The van der Waals surface area contributed by atoms with E-state index in [2.05, 4.69) is 20.3 Å². The van der Waals surface area contributed by atoms with Gasteiger partial charge in [-0.25, -0.2) is 4.98 Å². The first kappa shape index (κ1) is 16.7. The van der Waals surface area contributed by atoms with E-state index in [1.165, 1.54) is 13.0 Å². The van der Waals surface area contributed by atoms with Crippen molar-refractivity contribution in [3.63, 3.8) is 0 Å². The number of hydrogen-bond donors (Lipinski definition) is 2. The summed E-state index contributed by atoms with van der Waals surface area (Å²) in [4.78, 5) is 33.3. The molecule has 1 atom stereocenters. The highest BCUT2D eigenvalue weighted by atomic mass is 19.4. The number of nitrogens with one attached hydrogen (secondary N) is 2. The summed E-state index contributed by atoms with van der Waals surface area (Å²) >= 11 is 0. The van der Waals surface area contributed by atoms with E-state index in [0.29, 0.717) is 6.20 Å². The van der Waals surface area contributed by atoms with Gasteiger partial charge in [0, 0.05) is 12.3 Å². The van der Waals surface area contributed by atoms with Crippen LogP contribution in [0.4, 0.5) is 13.2 Å². The molecule has 2 aromatic rings. The van der Waals surface area contributed by atoms with Crippen molar-refractivity contribution >= 4 is 5.91 Å². The molecule has 2 aromatic heterocycles. The van der Waals surface area contributed by atoms with Crippen LogP contribution in [-0.2, 0) is 6.18 Å². The van der Waals surface area contributed by atoms with E-state index >= 15 is 0 Å². The minimum absolute atomic E-state index is 0.0787. The van der Waals surface area contributed by atoms with Crippen LogP contribution in [-0.4, -0.2) is 20.9 Å². The predicted molar refractivity (Wildman–Crippen MR) is 74.7 cm³/mol. The molecule has 2 N–H and O–H groups in total. The van der Waals surface area contributed by atoms with Crippen LogP contribution >= 0.6 is 0 Å². The number of halogens is 3. The molecule has 0 radical (unpaired) electrons. The average molecular weight is 326 g/mol. The van der Waals surface area contributed by atoms with E-state index in [1.54, 1.807) is 6.92 Å². The molecule has 1 unspecified atom stereocenters. The minimum Gasteiger partial charge on any atom is -0.343 e. The van der Waals surface area contributed by atoms with Crippen LogP contribution in [0.15, 0.2) is 29.2 Å². The fraction of sp³-hybridized carbons (Fsp3) is 0.286. The number of rotatable bonds is 3. The summed E-state index contributed by atoms with van der Waals surface area (Å²) in [6.07, 6.45) is -3.77. The van der Waals surface area contributed by atoms with Crippen LogP contribution < -0.4 is 10.9 Å². The van der Waals surface area contributed by atoms with Gasteiger partial charge in [0.15, 0.2) is 0 Å². The number of aromatic nitrogens is 3. The molecule has 0 aliphatic rings. The Balaban J connectivity index is 2.13. The van der Waals surface area contributed by atoms with E-state index in [9.17, 15) is 22.8 Å². The van der Waals surface area contributed by atoms with Crippen molar-refractivity contribution in [3.05, 3.63) is 57.5 Å². The SMILES string of the molecule is Cc1nc(C(=O)NC(C)c2ccc(C(F)(F)F)cn2)cc(=O)[nH]1. The smallest absolute Gasteiger partial charge is 0.343 e. The summed E-state index contributed by atoms with van der Waals surface area (Å²) in [7, 11) is 0. The molecule has 9 heteroatoms. The maximum Gasteiger partial charge on any atom is 0.417 e. The van der Waals surface area contributed by atoms with Crippen molar-refractivity contribution in [1.82, 2.24) is 20.3 Å². The second-order valence-electron chi connectivity index (χ2n) is 4.88. The van der Waals surface area contributed by atoms with Crippen LogP contribution in [0.2, 0.25) is 0 Å². The molecule has 2 heterocycles. The summed E-state index contributed by atoms with van der Waals surface area (Å²) in [5.41, 5.74) is -1.16. The van der Waals surface area contributed by atoms with Gasteiger partial charge in [-0.3, -0.25) is 14.6 Å². The second-order valence-corrected chi connectivity index (χ2v) is 4.88. The molecule has 0 bridgehead atoms. The van der Waals surface area contributed by atoms with Gasteiger partial charge in [-0.15, -0.1) is 0 Å². The van der Waals surface area contributed by atoms with Gasteiger partial charge >= 0.3 is 6.18 Å². The van der Waals surface area contributed by atoms with Crippen LogP contribution in [0, 0.1) is 6.92 Å². The van der Waals surface area contributed by atoms with E-state index in [4.69, 9.17) is 0 Å². The van der Waals surface area contributed by atoms with Crippen molar-refractivity contribution < 1.29 is 18.0 Å². The van der Waals surface area contributed by atoms with Crippen LogP contribution in [0.1, 0.15) is 40.5 Å². The Labute approximate surface area is 128 Å². The molecule has 0 fully saturated rings. The Morgan fingerprint density at radius 2 is 2.04 bits per heavy atom. The quantitative estimate of drug-likeness (QED) is 0.903. The Morgan fingerprint density at radius 3 is 2.57 bits per heavy atom. The van der Waals surface area contributed by atoms with Gasteiger partial charge in [0.2, 0.25) is 0 Å². The lowest BCUT2D eigenvalue weighted by atomic mass is 10.1. The Hall–Kier alpha value is -2.71. The largest absolute Gasteiger partial charge is 0.417 e.